The van der Waals surface area contributed by atoms with Crippen molar-refractivity contribution in [3.05, 3.63) is 137 Å². The van der Waals surface area contributed by atoms with Crippen LogP contribution in [0.4, 0.5) is 0 Å². The van der Waals surface area contributed by atoms with E-state index >= 15 is 0 Å². The van der Waals surface area contributed by atoms with Crippen LogP contribution in [-0.4, -0.2) is 28.9 Å². The van der Waals surface area contributed by atoms with E-state index < -0.39 is 8.07 Å². The minimum atomic E-state index is -1.37. The molecule has 6 aromatic rings. The molecule has 0 fully saturated rings. The van der Waals surface area contributed by atoms with Gasteiger partial charge in [-0.15, -0.1) is 69.8 Å². The summed E-state index contributed by atoms with van der Waals surface area (Å²) in [5.74, 6) is 0.366. The summed E-state index contributed by atoms with van der Waals surface area (Å²) in [6, 6.07) is 31.7. The van der Waals surface area contributed by atoms with Gasteiger partial charge in [0, 0.05) is 49.9 Å². The van der Waals surface area contributed by atoms with Gasteiger partial charge in [0.25, 0.3) is 0 Å². The number of aliphatic hydroxyl groups excluding tert-OH is 1. The van der Waals surface area contributed by atoms with Gasteiger partial charge in [0.1, 0.15) is 5.76 Å². The zero-order valence-electron chi connectivity index (χ0n) is 39.0. The number of hydrogen-bond donors (Lipinski definition) is 1. The minimum Gasteiger partial charge on any atom is -0.512 e. The molecule has 1 N–H and O–H groups in total. The standard InChI is InChI=1S/C20H22NSi.C18H16N.C14H26O2.Ir/c1-14-10-15(2)12-17(11-14)20-19-7-6-18(22(3,4)5)13-16(19)8-9-21-20;1-12-4-5-17-15(9-12)6-7-19-18(17)16-10-13(2)8-14(3)11-16;1-6-11(7-2)12(15)10-13(16)14(5,8-3)9-4;/h6-11,13H,1-5H3;4-10H,1-3H3;10-11,16H,6-9H2,1-5H3;/q2*-1;;/b;;13-10-;/i9D;7D;;. The van der Waals surface area contributed by atoms with Crippen molar-refractivity contribution in [2.45, 2.75) is 115 Å². The Labute approximate surface area is 366 Å². The molecule has 0 bridgehead atoms. The van der Waals surface area contributed by atoms with Crippen molar-refractivity contribution >= 4 is 40.6 Å². The van der Waals surface area contributed by atoms with Gasteiger partial charge in [0.15, 0.2) is 5.78 Å². The number of aliphatic hydroxyl groups is 1. The Bertz CT molecular complexity index is 2420. The Morgan fingerprint density at radius 3 is 1.62 bits per heavy atom. The fraction of sp³-hybridized carbons (Fsp3) is 0.365. The summed E-state index contributed by atoms with van der Waals surface area (Å²) in [5, 5.41) is 15.8. The maximum absolute atomic E-state index is 11.9. The van der Waals surface area contributed by atoms with E-state index in [-0.39, 0.29) is 43.0 Å². The van der Waals surface area contributed by atoms with Crippen LogP contribution >= 0.6 is 0 Å². The Balaban J connectivity index is 0.000000243. The number of benzene rings is 4. The number of pyridine rings is 2. The number of hydrogen-bond acceptors (Lipinski definition) is 4. The Kier molecular flexibility index (Phi) is 16.4. The van der Waals surface area contributed by atoms with Gasteiger partial charge in [-0.05, 0) is 77.7 Å². The molecule has 0 aliphatic heterocycles. The number of nitrogens with zero attached hydrogens (tertiary/aromatic N) is 2. The van der Waals surface area contributed by atoms with Gasteiger partial charge in [0.05, 0.1) is 10.8 Å². The molecular formula is C52H64IrN2O2Si-2. The van der Waals surface area contributed by atoms with Gasteiger partial charge in [-0.3, -0.25) is 4.79 Å². The monoisotopic (exact) mass is 971 g/mol. The molecule has 4 nitrogen and oxygen atoms in total. The van der Waals surface area contributed by atoms with Gasteiger partial charge >= 0.3 is 0 Å². The molecule has 1 radical (unpaired) electrons. The topological polar surface area (TPSA) is 63.1 Å². The average Bonchev–Trinajstić information content (AvgIpc) is 3.16. The number of ketones is 1. The van der Waals surface area contributed by atoms with Crippen LogP contribution in [0.15, 0.2) is 97.0 Å². The van der Waals surface area contributed by atoms with E-state index in [2.05, 4.69) is 123 Å². The Morgan fingerprint density at radius 2 is 1.19 bits per heavy atom. The molecule has 58 heavy (non-hydrogen) atoms. The summed E-state index contributed by atoms with van der Waals surface area (Å²) in [5.41, 5.74) is 9.17. The van der Waals surface area contributed by atoms with Gasteiger partial charge in [-0.1, -0.05) is 129 Å². The zero-order valence-corrected chi connectivity index (χ0v) is 40.4. The maximum Gasteiger partial charge on any atom is 0.162 e. The van der Waals surface area contributed by atoms with Crippen LogP contribution in [0.5, 0.6) is 0 Å². The molecule has 0 saturated heterocycles. The first-order valence-electron chi connectivity index (χ1n) is 21.5. The van der Waals surface area contributed by atoms with Crippen LogP contribution in [0.1, 0.15) is 90.9 Å². The second-order valence-electron chi connectivity index (χ2n) is 16.8. The second-order valence-corrected chi connectivity index (χ2v) is 21.9. The van der Waals surface area contributed by atoms with Crippen LogP contribution < -0.4 is 5.19 Å². The number of carbonyl (C=O) groups is 1. The molecule has 0 amide bonds. The summed E-state index contributed by atoms with van der Waals surface area (Å²) in [6.07, 6.45) is 5.44. The van der Waals surface area contributed by atoms with E-state index in [0.717, 1.165) is 80.9 Å². The van der Waals surface area contributed by atoms with Gasteiger partial charge in [0.2, 0.25) is 0 Å². The number of aryl methyl sites for hydroxylation is 5. The van der Waals surface area contributed by atoms with Crippen LogP contribution in [0.2, 0.25) is 19.6 Å². The fourth-order valence-corrected chi connectivity index (χ4v) is 8.19. The van der Waals surface area contributed by atoms with Crippen LogP contribution in [0.25, 0.3) is 44.1 Å². The minimum absolute atomic E-state index is 0. The van der Waals surface area contributed by atoms with Crippen LogP contribution in [0.3, 0.4) is 0 Å². The third kappa shape index (κ3) is 12.4. The van der Waals surface area contributed by atoms with Crippen molar-refractivity contribution in [3.8, 4) is 22.5 Å². The molecular weight excluding hydrogens is 905 g/mol. The predicted octanol–water partition coefficient (Wildman–Crippen LogP) is 13.7. The van der Waals surface area contributed by atoms with Crippen molar-refractivity contribution < 1.29 is 32.7 Å². The zero-order chi connectivity index (χ0) is 43.8. The molecule has 0 saturated carbocycles. The average molecular weight is 971 g/mol. The molecule has 2 aromatic heterocycles. The molecule has 2 heterocycles. The Morgan fingerprint density at radius 1 is 0.724 bits per heavy atom. The van der Waals surface area contributed by atoms with Gasteiger partial charge in [-0.2, -0.15) is 0 Å². The van der Waals surface area contributed by atoms with E-state index in [1.807, 2.05) is 60.6 Å². The second kappa shape index (κ2) is 21.2. The molecule has 0 aliphatic rings. The molecule has 0 unspecified atom stereocenters. The van der Waals surface area contributed by atoms with Crippen molar-refractivity contribution in [1.29, 1.82) is 0 Å². The Hall–Kier alpha value is -4.22. The van der Waals surface area contributed by atoms with Crippen molar-refractivity contribution in [2.24, 2.45) is 11.3 Å². The number of rotatable bonds is 10. The fourth-order valence-electron chi connectivity index (χ4n) is 7.02. The first kappa shape index (κ1) is 44.9. The molecule has 4 aromatic carbocycles. The molecule has 309 valence electrons. The molecule has 6 rings (SSSR count). The maximum atomic E-state index is 11.9. The van der Waals surface area contributed by atoms with Gasteiger partial charge < -0.3 is 15.1 Å². The van der Waals surface area contributed by atoms with Crippen molar-refractivity contribution in [3.63, 3.8) is 0 Å². The molecule has 6 heteroatoms. The number of allylic oxidation sites excluding steroid dienone is 2. The molecule has 0 aliphatic carbocycles. The summed E-state index contributed by atoms with van der Waals surface area (Å²) in [4.78, 5) is 20.8. The summed E-state index contributed by atoms with van der Waals surface area (Å²) in [7, 11) is -1.37. The van der Waals surface area contributed by atoms with Crippen LogP contribution in [-0.2, 0) is 24.9 Å². The third-order valence-corrected chi connectivity index (χ3v) is 13.1. The SMILES string of the molecule is CCC(CC)C(=O)/C=C(\O)C(C)(CC)CC.[2H]c1cc2cc(C)ccc2c(-c2[c-]c(C)cc(C)c2)n1.[2H]c1cc2cc([Si](C)(C)C)ccc2c(-c2[c-]c(C)cc(C)c2)n1.[Ir]. The molecule has 0 atom stereocenters. The predicted molar refractivity (Wildman–Crippen MR) is 247 cm³/mol. The van der Waals surface area contributed by atoms with E-state index in [9.17, 15) is 9.90 Å². The normalized spacial score (nSPS) is 12.2. The van der Waals surface area contributed by atoms with E-state index in [4.69, 9.17) is 2.74 Å². The van der Waals surface area contributed by atoms with Crippen molar-refractivity contribution in [1.82, 2.24) is 9.97 Å². The quantitative estimate of drug-likeness (QED) is 0.0643. The van der Waals surface area contributed by atoms with Crippen molar-refractivity contribution in [2.75, 3.05) is 0 Å². The number of fused-ring (bicyclic) bond motifs is 2. The first-order valence-corrected chi connectivity index (χ1v) is 24.0. The summed E-state index contributed by atoms with van der Waals surface area (Å²) >= 11 is 0. The first-order chi connectivity index (χ1) is 27.7. The van der Waals surface area contributed by atoms with E-state index in [0.29, 0.717) is 12.3 Å². The summed E-state index contributed by atoms with van der Waals surface area (Å²) < 4.78 is 16.0. The third-order valence-electron chi connectivity index (χ3n) is 11.1. The van der Waals surface area contributed by atoms with E-state index in [1.54, 1.807) is 0 Å². The number of aromatic nitrogens is 2. The molecule has 0 spiro atoms. The number of carbonyl (C=O) groups excluding carboxylic acids is 1. The van der Waals surface area contributed by atoms with Gasteiger partial charge in [-0.25, -0.2) is 0 Å². The smallest absolute Gasteiger partial charge is 0.162 e. The van der Waals surface area contributed by atoms with Crippen LogP contribution in [0, 0.1) is 58.1 Å². The largest absolute Gasteiger partial charge is 0.512 e. The summed E-state index contributed by atoms with van der Waals surface area (Å²) in [6.45, 7) is 27.4. The van der Waals surface area contributed by atoms with E-state index in [1.165, 1.54) is 28.0 Å².